The number of rotatable bonds is 3. The Balaban J connectivity index is 3.09. The lowest BCUT2D eigenvalue weighted by atomic mass is 10.0. The molecule has 0 saturated heterocycles. The molecule has 1 aromatic rings. The number of carbonyl (C=O) groups excluding carboxylic acids is 2. The summed E-state index contributed by atoms with van der Waals surface area (Å²) in [6.45, 7) is 5.44. The van der Waals surface area contributed by atoms with E-state index in [1.165, 1.54) is 6.07 Å². The molecule has 0 atom stereocenters. The van der Waals surface area contributed by atoms with E-state index in [1.807, 2.05) is 6.92 Å². The minimum atomic E-state index is -0.842. The van der Waals surface area contributed by atoms with Crippen LogP contribution in [0.2, 0.25) is 5.02 Å². The average molecular weight is 241 g/mol. The Morgan fingerprint density at radius 3 is 2.44 bits per heavy atom. The molecule has 0 heterocycles. The molecule has 0 aliphatic rings. The van der Waals surface area contributed by atoms with Crippen LogP contribution in [0, 0.1) is 13.8 Å². The minimum Gasteiger partial charge on any atom is -0.460 e. The van der Waals surface area contributed by atoms with Gasteiger partial charge in [0.2, 0.25) is 0 Å². The average Bonchev–Trinajstić information content (AvgIpc) is 2.23. The summed E-state index contributed by atoms with van der Waals surface area (Å²) in [5.41, 5.74) is 1.90. The number of halogens is 1. The predicted molar refractivity (Wildman–Crippen MR) is 61.9 cm³/mol. The van der Waals surface area contributed by atoms with Crippen LogP contribution in [-0.4, -0.2) is 18.4 Å². The third-order valence-corrected chi connectivity index (χ3v) is 2.62. The maximum absolute atomic E-state index is 11.7. The lowest BCUT2D eigenvalue weighted by Gasteiger charge is -2.07. The second-order valence-electron chi connectivity index (χ2n) is 3.47. The molecule has 86 valence electrons. The van der Waals surface area contributed by atoms with Crippen molar-refractivity contribution in [1.82, 2.24) is 0 Å². The van der Waals surface area contributed by atoms with Gasteiger partial charge in [-0.3, -0.25) is 4.79 Å². The lowest BCUT2D eigenvalue weighted by Crippen LogP contribution is -2.18. The summed E-state index contributed by atoms with van der Waals surface area (Å²) in [7, 11) is 0. The van der Waals surface area contributed by atoms with Crippen molar-refractivity contribution in [1.29, 1.82) is 0 Å². The Labute approximate surface area is 99.4 Å². The fourth-order valence-corrected chi connectivity index (χ4v) is 1.54. The molecule has 16 heavy (non-hydrogen) atoms. The summed E-state index contributed by atoms with van der Waals surface area (Å²) in [6.07, 6.45) is 0. The SMILES string of the molecule is CCOC(=O)C(=O)c1cc(Cl)c(C)cc1C. The highest BCUT2D eigenvalue weighted by Crippen LogP contribution is 2.21. The Hall–Kier alpha value is -1.35. The first-order valence-corrected chi connectivity index (χ1v) is 5.33. The third kappa shape index (κ3) is 2.61. The largest absolute Gasteiger partial charge is 0.460 e. The normalized spacial score (nSPS) is 10.0. The minimum absolute atomic E-state index is 0.184. The van der Waals surface area contributed by atoms with Gasteiger partial charge in [0.05, 0.1) is 6.61 Å². The van der Waals surface area contributed by atoms with Crippen LogP contribution in [0.25, 0.3) is 0 Å². The molecule has 1 aromatic carbocycles. The Bertz CT molecular complexity index is 438. The molecule has 1 rings (SSSR count). The molecule has 0 bridgehead atoms. The van der Waals surface area contributed by atoms with E-state index in [4.69, 9.17) is 11.6 Å². The first kappa shape index (κ1) is 12.7. The molecule has 0 aromatic heterocycles. The van der Waals surface area contributed by atoms with E-state index in [2.05, 4.69) is 4.74 Å². The van der Waals surface area contributed by atoms with Gasteiger partial charge in [0.25, 0.3) is 5.78 Å². The maximum atomic E-state index is 11.7. The van der Waals surface area contributed by atoms with Gasteiger partial charge in [0.15, 0.2) is 0 Å². The van der Waals surface area contributed by atoms with Crippen LogP contribution in [0.15, 0.2) is 12.1 Å². The van der Waals surface area contributed by atoms with Gasteiger partial charge < -0.3 is 4.74 Å². The lowest BCUT2D eigenvalue weighted by molar-refractivity contribution is -0.137. The molecule has 0 spiro atoms. The number of carbonyl (C=O) groups is 2. The number of hydrogen-bond donors (Lipinski definition) is 0. The van der Waals surface area contributed by atoms with Crippen molar-refractivity contribution in [2.24, 2.45) is 0 Å². The fourth-order valence-electron chi connectivity index (χ4n) is 1.38. The van der Waals surface area contributed by atoms with Gasteiger partial charge in [-0.2, -0.15) is 0 Å². The van der Waals surface area contributed by atoms with Crippen LogP contribution in [0.1, 0.15) is 28.4 Å². The Kier molecular flexibility index (Phi) is 4.07. The van der Waals surface area contributed by atoms with E-state index in [9.17, 15) is 9.59 Å². The molecule has 0 fully saturated rings. The van der Waals surface area contributed by atoms with E-state index in [-0.39, 0.29) is 6.61 Å². The van der Waals surface area contributed by atoms with Crippen LogP contribution in [0.4, 0.5) is 0 Å². The molecule has 4 heteroatoms. The number of ketones is 1. The van der Waals surface area contributed by atoms with Crippen LogP contribution >= 0.6 is 11.6 Å². The van der Waals surface area contributed by atoms with E-state index in [1.54, 1.807) is 19.9 Å². The summed E-state index contributed by atoms with van der Waals surface area (Å²) in [5, 5.41) is 0.471. The number of hydrogen-bond acceptors (Lipinski definition) is 3. The smallest absolute Gasteiger partial charge is 0.379 e. The molecule has 3 nitrogen and oxygen atoms in total. The highest BCUT2D eigenvalue weighted by molar-refractivity contribution is 6.41. The molecular formula is C12H13ClO3. The number of Topliss-reactive ketones (excluding diaryl/α,β-unsaturated/α-hetero) is 1. The van der Waals surface area contributed by atoms with E-state index >= 15 is 0 Å². The molecule has 0 saturated carbocycles. The van der Waals surface area contributed by atoms with Crippen molar-refractivity contribution < 1.29 is 14.3 Å². The molecule has 0 aliphatic carbocycles. The zero-order chi connectivity index (χ0) is 12.3. The standard InChI is InChI=1S/C12H13ClO3/c1-4-16-12(15)11(14)9-6-10(13)8(3)5-7(9)2/h5-6H,4H2,1-3H3. The van der Waals surface area contributed by atoms with Crippen LogP contribution < -0.4 is 0 Å². The van der Waals surface area contributed by atoms with Crippen molar-refractivity contribution in [3.05, 3.63) is 33.8 Å². The number of aryl methyl sites for hydroxylation is 2. The first-order chi connectivity index (χ1) is 7.47. The number of ether oxygens (including phenoxy) is 1. The Morgan fingerprint density at radius 1 is 1.25 bits per heavy atom. The summed E-state index contributed by atoms with van der Waals surface area (Å²) >= 11 is 5.91. The summed E-state index contributed by atoms with van der Waals surface area (Å²) in [6, 6.07) is 3.28. The maximum Gasteiger partial charge on any atom is 0.379 e. The van der Waals surface area contributed by atoms with Gasteiger partial charge in [-0.15, -0.1) is 0 Å². The van der Waals surface area contributed by atoms with Crippen molar-refractivity contribution in [2.75, 3.05) is 6.61 Å². The first-order valence-electron chi connectivity index (χ1n) is 4.95. The third-order valence-electron chi connectivity index (χ3n) is 2.21. The summed E-state index contributed by atoms with van der Waals surface area (Å²) in [4.78, 5) is 23.0. The highest BCUT2D eigenvalue weighted by atomic mass is 35.5. The topological polar surface area (TPSA) is 43.4 Å². The second kappa shape index (κ2) is 5.12. The van der Waals surface area contributed by atoms with Crippen molar-refractivity contribution in [2.45, 2.75) is 20.8 Å². The van der Waals surface area contributed by atoms with Crippen LogP contribution in [-0.2, 0) is 9.53 Å². The molecule has 0 N–H and O–H groups in total. The van der Waals surface area contributed by atoms with Gasteiger partial charge in [-0.1, -0.05) is 17.7 Å². The number of benzene rings is 1. The summed E-state index contributed by atoms with van der Waals surface area (Å²) in [5.74, 6) is -1.49. The van der Waals surface area contributed by atoms with E-state index in [0.29, 0.717) is 10.6 Å². The number of esters is 1. The molecule has 0 amide bonds. The molecule has 0 unspecified atom stereocenters. The monoisotopic (exact) mass is 240 g/mol. The van der Waals surface area contributed by atoms with Gasteiger partial charge in [0.1, 0.15) is 0 Å². The molecule has 0 radical (unpaired) electrons. The molecular weight excluding hydrogens is 228 g/mol. The van der Waals surface area contributed by atoms with Crippen molar-refractivity contribution in [3.63, 3.8) is 0 Å². The van der Waals surface area contributed by atoms with Gasteiger partial charge >= 0.3 is 5.97 Å². The fraction of sp³-hybridized carbons (Fsp3) is 0.333. The van der Waals surface area contributed by atoms with E-state index in [0.717, 1.165) is 11.1 Å². The predicted octanol–water partition coefficient (Wildman–Crippen LogP) is 2.70. The second-order valence-corrected chi connectivity index (χ2v) is 3.87. The van der Waals surface area contributed by atoms with Crippen LogP contribution in [0.5, 0.6) is 0 Å². The van der Waals surface area contributed by atoms with Gasteiger partial charge in [-0.25, -0.2) is 4.79 Å². The zero-order valence-electron chi connectivity index (χ0n) is 9.46. The van der Waals surface area contributed by atoms with Gasteiger partial charge in [0, 0.05) is 10.6 Å². The van der Waals surface area contributed by atoms with Crippen LogP contribution in [0.3, 0.4) is 0 Å². The Morgan fingerprint density at radius 2 is 1.88 bits per heavy atom. The highest BCUT2D eigenvalue weighted by Gasteiger charge is 2.20. The van der Waals surface area contributed by atoms with E-state index < -0.39 is 11.8 Å². The zero-order valence-corrected chi connectivity index (χ0v) is 10.2. The summed E-state index contributed by atoms with van der Waals surface area (Å²) < 4.78 is 4.65. The van der Waals surface area contributed by atoms with Gasteiger partial charge in [-0.05, 0) is 38.0 Å². The quantitative estimate of drug-likeness (QED) is 0.464. The van der Waals surface area contributed by atoms with Crippen molar-refractivity contribution >= 4 is 23.4 Å². The van der Waals surface area contributed by atoms with Crippen molar-refractivity contribution in [3.8, 4) is 0 Å². The molecule has 0 aliphatic heterocycles.